The van der Waals surface area contributed by atoms with Gasteiger partial charge < -0.3 is 5.32 Å². The molecule has 3 heterocycles. The first-order valence-corrected chi connectivity index (χ1v) is 7.50. The molecule has 1 unspecified atom stereocenters. The zero-order valence-electron chi connectivity index (χ0n) is 11.6. The van der Waals surface area contributed by atoms with Crippen LogP contribution < -0.4 is 5.32 Å². The van der Waals surface area contributed by atoms with E-state index >= 15 is 0 Å². The van der Waals surface area contributed by atoms with Crippen LogP contribution >= 0.6 is 0 Å². The van der Waals surface area contributed by atoms with Gasteiger partial charge in [0, 0.05) is 51.2 Å². The summed E-state index contributed by atoms with van der Waals surface area (Å²) < 4.78 is 0. The van der Waals surface area contributed by atoms with E-state index in [0.717, 1.165) is 19.6 Å². The van der Waals surface area contributed by atoms with Gasteiger partial charge in [-0.25, -0.2) is 0 Å². The molecule has 4 nitrogen and oxygen atoms in total. The van der Waals surface area contributed by atoms with Crippen molar-refractivity contribution in [1.29, 1.82) is 0 Å². The Bertz CT molecular complexity index is 369. The molecule has 0 spiro atoms. The Labute approximate surface area is 115 Å². The fourth-order valence-corrected chi connectivity index (χ4v) is 3.21. The van der Waals surface area contributed by atoms with E-state index in [4.69, 9.17) is 0 Å². The third-order valence-corrected chi connectivity index (χ3v) is 4.31. The van der Waals surface area contributed by atoms with Crippen molar-refractivity contribution in [3.05, 3.63) is 30.1 Å². The first-order valence-electron chi connectivity index (χ1n) is 7.50. The Balaban J connectivity index is 1.72. The lowest BCUT2D eigenvalue weighted by atomic mass is 10.1. The van der Waals surface area contributed by atoms with Crippen molar-refractivity contribution in [2.45, 2.75) is 18.9 Å². The Morgan fingerprint density at radius 2 is 1.74 bits per heavy atom. The molecule has 4 heteroatoms. The number of rotatable bonds is 4. The maximum Gasteiger partial charge on any atom is 0.0476 e. The summed E-state index contributed by atoms with van der Waals surface area (Å²) in [6.07, 6.45) is 6.55. The molecule has 3 rings (SSSR count). The third-order valence-electron chi connectivity index (χ3n) is 4.31. The zero-order chi connectivity index (χ0) is 12.9. The minimum atomic E-state index is 0.545. The summed E-state index contributed by atoms with van der Waals surface area (Å²) in [7, 11) is 0. The van der Waals surface area contributed by atoms with Crippen molar-refractivity contribution in [2.24, 2.45) is 0 Å². The molecule has 1 atom stereocenters. The molecule has 2 aliphatic heterocycles. The number of pyridine rings is 1. The van der Waals surface area contributed by atoms with E-state index in [-0.39, 0.29) is 0 Å². The molecule has 2 saturated heterocycles. The van der Waals surface area contributed by atoms with Gasteiger partial charge in [-0.05, 0) is 43.6 Å². The monoisotopic (exact) mass is 260 g/mol. The quantitative estimate of drug-likeness (QED) is 0.879. The van der Waals surface area contributed by atoms with Gasteiger partial charge in [-0.2, -0.15) is 0 Å². The van der Waals surface area contributed by atoms with Gasteiger partial charge in [-0.3, -0.25) is 14.8 Å². The predicted molar refractivity (Wildman–Crippen MR) is 77.1 cm³/mol. The Kier molecular flexibility index (Phi) is 4.43. The van der Waals surface area contributed by atoms with Gasteiger partial charge in [0.05, 0.1) is 0 Å². The van der Waals surface area contributed by atoms with Gasteiger partial charge >= 0.3 is 0 Å². The molecule has 19 heavy (non-hydrogen) atoms. The lowest BCUT2D eigenvalue weighted by molar-refractivity contribution is 0.149. The summed E-state index contributed by atoms with van der Waals surface area (Å²) in [4.78, 5) is 9.41. The van der Waals surface area contributed by atoms with E-state index in [1.54, 1.807) is 0 Å². The van der Waals surface area contributed by atoms with Gasteiger partial charge in [0.15, 0.2) is 0 Å². The highest BCUT2D eigenvalue weighted by Crippen LogP contribution is 2.25. The van der Waals surface area contributed by atoms with Crippen LogP contribution in [0.4, 0.5) is 0 Å². The highest BCUT2D eigenvalue weighted by atomic mass is 15.2. The molecular weight excluding hydrogens is 236 g/mol. The van der Waals surface area contributed by atoms with Crippen LogP contribution in [-0.2, 0) is 0 Å². The number of nitrogens with zero attached hydrogens (tertiary/aromatic N) is 3. The average Bonchev–Trinajstić information content (AvgIpc) is 3.01. The lowest BCUT2D eigenvalue weighted by Crippen LogP contribution is -2.47. The molecule has 2 aliphatic rings. The molecule has 1 N–H and O–H groups in total. The highest BCUT2D eigenvalue weighted by molar-refractivity contribution is 5.16. The van der Waals surface area contributed by atoms with Crippen LogP contribution in [0.2, 0.25) is 0 Å². The number of hydrogen-bond acceptors (Lipinski definition) is 4. The normalized spacial score (nSPS) is 23.6. The number of aromatic nitrogens is 1. The molecular formula is C15H24N4. The molecule has 0 saturated carbocycles. The fourth-order valence-electron chi connectivity index (χ4n) is 3.21. The average molecular weight is 260 g/mol. The van der Waals surface area contributed by atoms with Crippen LogP contribution in [0, 0.1) is 0 Å². The van der Waals surface area contributed by atoms with E-state index < -0.39 is 0 Å². The summed E-state index contributed by atoms with van der Waals surface area (Å²) in [5, 5.41) is 3.43. The third kappa shape index (κ3) is 3.32. The van der Waals surface area contributed by atoms with Gasteiger partial charge in [-0.15, -0.1) is 0 Å². The topological polar surface area (TPSA) is 31.4 Å². The zero-order valence-corrected chi connectivity index (χ0v) is 11.6. The molecule has 0 radical (unpaired) electrons. The van der Waals surface area contributed by atoms with Crippen molar-refractivity contribution in [2.75, 3.05) is 45.8 Å². The number of piperazine rings is 1. The summed E-state index contributed by atoms with van der Waals surface area (Å²) in [6.45, 7) is 8.26. The van der Waals surface area contributed by atoms with Crippen molar-refractivity contribution in [3.8, 4) is 0 Å². The summed E-state index contributed by atoms with van der Waals surface area (Å²) in [6, 6.07) is 4.92. The van der Waals surface area contributed by atoms with Crippen LogP contribution in [0.1, 0.15) is 24.4 Å². The molecule has 0 aliphatic carbocycles. The Morgan fingerprint density at radius 1 is 1.05 bits per heavy atom. The van der Waals surface area contributed by atoms with Crippen LogP contribution in [0.15, 0.2) is 24.5 Å². The smallest absolute Gasteiger partial charge is 0.0476 e. The lowest BCUT2D eigenvalue weighted by Gasteiger charge is -2.35. The molecule has 104 valence electrons. The summed E-state index contributed by atoms with van der Waals surface area (Å²) >= 11 is 0. The number of nitrogens with one attached hydrogen (secondary N) is 1. The van der Waals surface area contributed by atoms with Crippen molar-refractivity contribution < 1.29 is 0 Å². The van der Waals surface area contributed by atoms with E-state index in [1.165, 1.54) is 44.6 Å². The van der Waals surface area contributed by atoms with Crippen LogP contribution in [0.5, 0.6) is 0 Å². The van der Waals surface area contributed by atoms with E-state index in [2.05, 4.69) is 32.2 Å². The standard InChI is InChI=1S/C15H24N4/c1-2-10-19(9-1)15(14-3-5-16-6-4-14)13-18-11-7-17-8-12-18/h3-6,15,17H,1-2,7-13H2. The molecule has 0 aromatic carbocycles. The first kappa shape index (κ1) is 13.0. The highest BCUT2D eigenvalue weighted by Gasteiger charge is 2.25. The second kappa shape index (κ2) is 6.46. The maximum atomic E-state index is 4.16. The molecule has 0 bridgehead atoms. The second-order valence-corrected chi connectivity index (χ2v) is 5.59. The van der Waals surface area contributed by atoms with Crippen LogP contribution in [-0.4, -0.2) is 60.6 Å². The van der Waals surface area contributed by atoms with E-state index in [0.29, 0.717) is 6.04 Å². The molecule has 1 aromatic rings. The van der Waals surface area contributed by atoms with Gasteiger partial charge in [0.1, 0.15) is 0 Å². The van der Waals surface area contributed by atoms with Crippen molar-refractivity contribution in [3.63, 3.8) is 0 Å². The molecule has 1 aromatic heterocycles. The molecule has 2 fully saturated rings. The first-order chi connectivity index (χ1) is 9.43. The summed E-state index contributed by atoms with van der Waals surface area (Å²) in [5.74, 6) is 0. The minimum Gasteiger partial charge on any atom is -0.314 e. The molecule has 0 amide bonds. The summed E-state index contributed by atoms with van der Waals surface area (Å²) in [5.41, 5.74) is 1.43. The van der Waals surface area contributed by atoms with Crippen molar-refractivity contribution >= 4 is 0 Å². The Morgan fingerprint density at radius 3 is 2.42 bits per heavy atom. The SMILES string of the molecule is c1cc(C(CN2CCNCC2)N2CCCC2)ccn1. The second-order valence-electron chi connectivity index (χ2n) is 5.59. The fraction of sp³-hybridized carbons (Fsp3) is 0.667. The van der Waals surface area contributed by atoms with Gasteiger partial charge in [-0.1, -0.05) is 0 Å². The predicted octanol–water partition coefficient (Wildman–Crippen LogP) is 1.12. The number of likely N-dealkylation sites (tertiary alicyclic amines) is 1. The Hall–Kier alpha value is -0.970. The largest absolute Gasteiger partial charge is 0.314 e. The van der Waals surface area contributed by atoms with E-state index in [1.807, 2.05) is 12.4 Å². The van der Waals surface area contributed by atoms with Crippen LogP contribution in [0.25, 0.3) is 0 Å². The van der Waals surface area contributed by atoms with Crippen LogP contribution in [0.3, 0.4) is 0 Å². The van der Waals surface area contributed by atoms with Gasteiger partial charge in [0.25, 0.3) is 0 Å². The maximum absolute atomic E-state index is 4.16. The van der Waals surface area contributed by atoms with Gasteiger partial charge in [0.2, 0.25) is 0 Å². The van der Waals surface area contributed by atoms with Crippen molar-refractivity contribution in [1.82, 2.24) is 20.1 Å². The number of hydrogen-bond donors (Lipinski definition) is 1. The minimum absolute atomic E-state index is 0.545. The van der Waals surface area contributed by atoms with E-state index in [9.17, 15) is 0 Å².